The maximum absolute atomic E-state index is 14.3. The Kier molecular flexibility index (Phi) is 14.9. The molecule has 0 saturated carbocycles. The number of nitrogens with one attached hydrogen (secondary N) is 2. The quantitative estimate of drug-likeness (QED) is 0.0424. The molecule has 14 heteroatoms. The minimum atomic E-state index is -4.36. The van der Waals surface area contributed by atoms with Gasteiger partial charge in [0.2, 0.25) is 17.3 Å². The van der Waals surface area contributed by atoms with Crippen molar-refractivity contribution in [2.75, 3.05) is 30.3 Å². The molecule has 0 fully saturated rings. The number of anilines is 1. The van der Waals surface area contributed by atoms with Crippen LogP contribution in [0.15, 0.2) is 93.9 Å². The second-order valence-electron chi connectivity index (χ2n) is 13.9. The fourth-order valence-electron chi connectivity index (χ4n) is 6.86. The van der Waals surface area contributed by atoms with Crippen LogP contribution in [0.5, 0.6) is 0 Å². The number of aliphatic carboxylic acids is 1. The van der Waals surface area contributed by atoms with Crippen LogP contribution >= 0.6 is 23.1 Å². The summed E-state index contributed by atoms with van der Waals surface area (Å²) in [6, 6.07) is 16.5. The van der Waals surface area contributed by atoms with Gasteiger partial charge in [-0.1, -0.05) is 92.3 Å². The maximum Gasteiger partial charge on any atom is 0.303 e. The Balaban J connectivity index is 1.54. The Hall–Kier alpha value is -4.24. The zero-order valence-corrected chi connectivity index (χ0v) is 33.9. The highest BCUT2D eigenvalue weighted by Gasteiger charge is 2.48. The third-order valence-corrected chi connectivity index (χ3v) is 12.6. The average Bonchev–Trinajstić information content (AvgIpc) is 3.70. The van der Waals surface area contributed by atoms with Gasteiger partial charge in [-0.2, -0.15) is 13.0 Å². The largest absolute Gasteiger partial charge is 0.481 e. The number of aryl methyl sites for hydroxylation is 1. The summed E-state index contributed by atoms with van der Waals surface area (Å²) < 4.78 is 35.9. The lowest BCUT2D eigenvalue weighted by molar-refractivity contribution is -0.668. The van der Waals surface area contributed by atoms with Gasteiger partial charge in [0.1, 0.15) is 16.7 Å². The highest BCUT2D eigenvalue weighted by molar-refractivity contribution is 8.03. The number of thioether (sulfide) groups is 1. The van der Waals surface area contributed by atoms with Crippen LogP contribution in [0.1, 0.15) is 76.6 Å². The molecule has 1 aliphatic heterocycles. The molecule has 1 atom stereocenters. The number of thiazole rings is 1. The van der Waals surface area contributed by atoms with Gasteiger partial charge in [0.05, 0.1) is 16.5 Å². The summed E-state index contributed by atoms with van der Waals surface area (Å²) in [5.41, 5.74) is 2.16. The number of carbonyl (C=O) groups excluding carboxylic acids is 2. The van der Waals surface area contributed by atoms with Crippen molar-refractivity contribution in [3.63, 3.8) is 0 Å². The monoisotopic (exact) mass is 807 g/mol. The molecule has 55 heavy (non-hydrogen) atoms. The summed E-state index contributed by atoms with van der Waals surface area (Å²) in [6.45, 7) is 5.85. The van der Waals surface area contributed by atoms with Crippen LogP contribution in [0.25, 0.3) is 16.3 Å². The zero-order valence-electron chi connectivity index (χ0n) is 31.5. The van der Waals surface area contributed by atoms with Crippen molar-refractivity contribution in [3.8, 4) is 0 Å². The van der Waals surface area contributed by atoms with E-state index < -0.39 is 39.1 Å². The van der Waals surface area contributed by atoms with Gasteiger partial charge in [0.15, 0.2) is 0 Å². The molecule has 2 heterocycles. The van der Waals surface area contributed by atoms with E-state index in [1.165, 1.54) is 0 Å². The van der Waals surface area contributed by atoms with Crippen molar-refractivity contribution in [2.45, 2.75) is 83.1 Å². The van der Waals surface area contributed by atoms with Gasteiger partial charge >= 0.3 is 5.97 Å². The molecule has 0 saturated heterocycles. The summed E-state index contributed by atoms with van der Waals surface area (Å²) in [7, 11) is -4.36. The van der Waals surface area contributed by atoms with E-state index in [1.54, 1.807) is 23.1 Å². The van der Waals surface area contributed by atoms with Gasteiger partial charge in [0.25, 0.3) is 15.1 Å². The number of fused-ring (bicyclic) bond motifs is 2. The van der Waals surface area contributed by atoms with E-state index in [4.69, 9.17) is 5.11 Å². The minimum absolute atomic E-state index is 0.0372. The molecular formula is C41H51N4O7S3+. The minimum Gasteiger partial charge on any atom is -0.481 e. The Bertz CT molecular complexity index is 2100. The van der Waals surface area contributed by atoms with Crippen LogP contribution in [0.4, 0.5) is 5.69 Å². The summed E-state index contributed by atoms with van der Waals surface area (Å²) in [6.07, 6.45) is 14.8. The van der Waals surface area contributed by atoms with E-state index in [1.807, 2.05) is 54.6 Å². The Morgan fingerprint density at radius 3 is 2.40 bits per heavy atom. The van der Waals surface area contributed by atoms with E-state index in [2.05, 4.69) is 58.2 Å². The van der Waals surface area contributed by atoms with Crippen molar-refractivity contribution in [2.24, 2.45) is 5.41 Å². The molecule has 0 spiro atoms. The van der Waals surface area contributed by atoms with Gasteiger partial charge in [-0.25, -0.2) is 0 Å². The van der Waals surface area contributed by atoms with Crippen molar-refractivity contribution in [3.05, 3.63) is 94.0 Å². The predicted octanol–water partition coefficient (Wildman–Crippen LogP) is 7.26. The predicted molar refractivity (Wildman–Crippen MR) is 220 cm³/mol. The number of para-hydroxylation sites is 2. The second-order valence-corrected chi connectivity index (χ2v) is 17.6. The zero-order chi connectivity index (χ0) is 39.4. The molecule has 1 aliphatic carbocycles. The molecule has 3 aromatic rings. The molecule has 5 rings (SSSR count). The number of amides is 2. The number of carbonyl (C=O) groups is 3. The fourth-order valence-corrected chi connectivity index (χ4v) is 9.40. The van der Waals surface area contributed by atoms with Crippen molar-refractivity contribution in [1.82, 2.24) is 10.6 Å². The molecule has 2 aromatic carbocycles. The number of benzene rings is 2. The first kappa shape index (κ1) is 41.9. The number of aromatic nitrogens is 1. The van der Waals surface area contributed by atoms with Crippen LogP contribution < -0.4 is 20.1 Å². The standard InChI is InChI=1S/C41H50N4O7S3/c1-3-5-25-45-33-14-9-11-16-35(33)54-37(45)21-19-31-27-30(18-20-36-44(24-4-2)32-13-8-10-15-34(32)53-36)28-41(29-31,40(49)43-23-26-55(50,51)52)39(48)42-22-12-6-7-17-38(46)47/h8-11,13-16,18-21,27H,3-7,12,17,22-26,28-29H2,1-2H3,(H3-,42,43,46,47,48,49,50,51,52)/p+1. The second kappa shape index (κ2) is 19.6. The summed E-state index contributed by atoms with van der Waals surface area (Å²) in [5, 5.41) is 16.7. The number of hydrogen-bond donors (Lipinski definition) is 4. The van der Waals surface area contributed by atoms with Crippen molar-refractivity contribution < 1.29 is 37.0 Å². The van der Waals surface area contributed by atoms with E-state index in [9.17, 15) is 27.4 Å². The molecule has 0 radical (unpaired) electrons. The number of nitrogens with zero attached hydrogens (tertiary/aromatic N) is 2. The van der Waals surface area contributed by atoms with Gasteiger partial charge in [-0.3, -0.25) is 18.9 Å². The molecule has 294 valence electrons. The van der Waals surface area contributed by atoms with Crippen LogP contribution in [0.2, 0.25) is 0 Å². The third kappa shape index (κ3) is 11.2. The smallest absolute Gasteiger partial charge is 0.303 e. The lowest BCUT2D eigenvalue weighted by Crippen LogP contribution is -2.53. The number of allylic oxidation sites excluding steroid dienone is 6. The van der Waals surface area contributed by atoms with Gasteiger partial charge in [-0.15, -0.1) is 0 Å². The van der Waals surface area contributed by atoms with Gasteiger partial charge in [-0.05, 0) is 67.5 Å². The first-order valence-corrected chi connectivity index (χ1v) is 22.2. The van der Waals surface area contributed by atoms with E-state index in [-0.39, 0.29) is 32.4 Å². The molecule has 4 N–H and O–H groups in total. The number of carboxylic acids is 1. The van der Waals surface area contributed by atoms with Crippen molar-refractivity contribution >= 4 is 73.0 Å². The van der Waals surface area contributed by atoms with Crippen LogP contribution in [-0.2, 0) is 31.0 Å². The first-order valence-electron chi connectivity index (χ1n) is 18.9. The Morgan fingerprint density at radius 2 is 1.65 bits per heavy atom. The highest BCUT2D eigenvalue weighted by Crippen LogP contribution is 2.46. The fraction of sp³-hybridized carbons (Fsp3) is 0.415. The summed E-state index contributed by atoms with van der Waals surface area (Å²) in [4.78, 5) is 43.0. The lowest BCUT2D eigenvalue weighted by atomic mass is 9.70. The molecule has 11 nitrogen and oxygen atoms in total. The van der Waals surface area contributed by atoms with E-state index in [0.717, 1.165) is 74.3 Å². The highest BCUT2D eigenvalue weighted by atomic mass is 32.2. The Morgan fingerprint density at radius 1 is 0.909 bits per heavy atom. The normalized spacial score (nSPS) is 18.6. The van der Waals surface area contributed by atoms with Gasteiger partial charge < -0.3 is 20.6 Å². The molecule has 0 bridgehead atoms. The first-order chi connectivity index (χ1) is 26.4. The van der Waals surface area contributed by atoms with Crippen LogP contribution in [-0.4, -0.2) is 61.2 Å². The van der Waals surface area contributed by atoms with Crippen LogP contribution in [0.3, 0.4) is 0 Å². The van der Waals surface area contributed by atoms with Gasteiger partial charge in [0, 0.05) is 49.5 Å². The number of hydrogen-bond acceptors (Lipinski definition) is 8. The number of carboxylic acid groups (broad SMARTS) is 1. The number of unbranched alkanes of at least 4 members (excludes halogenated alkanes) is 3. The molecule has 1 unspecified atom stereocenters. The molecule has 2 aliphatic rings. The summed E-state index contributed by atoms with van der Waals surface area (Å²) >= 11 is 3.34. The number of rotatable bonds is 19. The topological polar surface area (TPSA) is 157 Å². The van der Waals surface area contributed by atoms with E-state index >= 15 is 0 Å². The molecule has 1 aromatic heterocycles. The summed E-state index contributed by atoms with van der Waals surface area (Å²) in [5.74, 6) is -2.70. The maximum atomic E-state index is 14.3. The Labute approximate surface area is 332 Å². The molecular weight excluding hydrogens is 757 g/mol. The molecule has 2 amide bonds. The third-order valence-electron chi connectivity index (χ3n) is 9.59. The van der Waals surface area contributed by atoms with Crippen LogP contribution in [0, 0.1) is 5.41 Å². The average molecular weight is 808 g/mol. The lowest BCUT2D eigenvalue weighted by Gasteiger charge is -2.35. The van der Waals surface area contributed by atoms with Crippen molar-refractivity contribution in [1.29, 1.82) is 0 Å². The SMILES string of the molecule is CCCCN1C(=CC=C2C=C(C=Cc3sc4ccccc4[n+]3CCC)CC(C(=O)NCCCCCC(=O)O)(C(=O)NCCS(=O)(=O)O)C2)Sc2ccccc21. The van der Waals surface area contributed by atoms with E-state index in [0.29, 0.717) is 19.3 Å².